The summed E-state index contributed by atoms with van der Waals surface area (Å²) < 4.78 is 0. The van der Waals surface area contributed by atoms with Crippen LogP contribution in [0.4, 0.5) is 0 Å². The monoisotopic (exact) mass is 142 g/mol. The van der Waals surface area contributed by atoms with Gasteiger partial charge < -0.3 is 0 Å². The molecular formula is C8H14S. The second-order valence-corrected chi connectivity index (χ2v) is 6.54. The molecule has 0 radical (unpaired) electrons. The zero-order chi connectivity index (χ0) is 6.91. The van der Waals surface area contributed by atoms with Crippen LogP contribution in [0.3, 0.4) is 0 Å². The van der Waals surface area contributed by atoms with Gasteiger partial charge >= 0.3 is 0 Å². The van der Waals surface area contributed by atoms with E-state index in [2.05, 4.69) is 43.1 Å². The Labute approximate surface area is 59.0 Å². The molecule has 0 aromatic carbocycles. The Morgan fingerprint density at radius 2 is 1.56 bits per heavy atom. The molecule has 0 atom stereocenters. The fourth-order valence-electron chi connectivity index (χ4n) is 0.789. The molecule has 0 nitrogen and oxygen atoms in total. The highest BCUT2D eigenvalue weighted by atomic mass is 32.3. The van der Waals surface area contributed by atoms with Gasteiger partial charge in [-0.15, -0.1) is 0 Å². The van der Waals surface area contributed by atoms with Crippen LogP contribution in [0.5, 0.6) is 0 Å². The Morgan fingerprint density at radius 1 is 1.11 bits per heavy atom. The maximum absolute atomic E-state index is 2.34. The third-order valence-corrected chi connectivity index (χ3v) is 5.39. The lowest BCUT2D eigenvalue weighted by Crippen LogP contribution is -2.02. The Hall–Kier alpha value is -0.170. The molecule has 1 heterocycles. The first-order valence-corrected chi connectivity index (χ1v) is 5.50. The number of hydrogen-bond acceptors (Lipinski definition) is 0. The van der Waals surface area contributed by atoms with E-state index >= 15 is 0 Å². The number of hydrogen-bond donors (Lipinski definition) is 0. The van der Waals surface area contributed by atoms with Crippen molar-refractivity contribution in [1.29, 1.82) is 0 Å². The zero-order valence-electron chi connectivity index (χ0n) is 6.29. The molecule has 1 rings (SSSR count). The van der Waals surface area contributed by atoms with Gasteiger partial charge in [0.2, 0.25) is 0 Å². The molecule has 0 amide bonds. The highest BCUT2D eigenvalue weighted by Gasteiger charge is 2.16. The molecule has 0 aliphatic carbocycles. The van der Waals surface area contributed by atoms with Crippen molar-refractivity contribution in [2.75, 3.05) is 6.26 Å². The summed E-state index contributed by atoms with van der Waals surface area (Å²) in [6.07, 6.45) is 6.67. The summed E-state index contributed by atoms with van der Waals surface area (Å²) in [6, 6.07) is 0. The van der Waals surface area contributed by atoms with Crippen LogP contribution in [0.1, 0.15) is 13.8 Å². The van der Waals surface area contributed by atoms with Crippen molar-refractivity contribution in [3.8, 4) is 0 Å². The van der Waals surface area contributed by atoms with Crippen molar-refractivity contribution in [2.24, 2.45) is 0 Å². The van der Waals surface area contributed by atoms with E-state index in [1.54, 1.807) is 0 Å². The van der Waals surface area contributed by atoms with Crippen LogP contribution in [-0.2, 0) is 0 Å². The lowest BCUT2D eigenvalue weighted by atomic mass is 10.6. The van der Waals surface area contributed by atoms with Gasteiger partial charge in [-0.1, -0.05) is 26.0 Å². The lowest BCUT2D eigenvalue weighted by molar-refractivity contribution is 1.10. The molecule has 0 aromatic heterocycles. The zero-order valence-corrected chi connectivity index (χ0v) is 7.11. The third kappa shape index (κ3) is 1.21. The van der Waals surface area contributed by atoms with Gasteiger partial charge in [0.15, 0.2) is 0 Å². The predicted molar refractivity (Wildman–Crippen MR) is 46.9 cm³/mol. The first kappa shape index (κ1) is 6.94. The molecule has 0 fully saturated rings. The Bertz CT molecular complexity index is 142. The summed E-state index contributed by atoms with van der Waals surface area (Å²) in [5.74, 6) is 0. The fraction of sp³-hybridized carbons (Fsp3) is 0.500. The highest BCUT2D eigenvalue weighted by molar-refractivity contribution is 8.38. The van der Waals surface area contributed by atoms with E-state index in [0.717, 1.165) is 5.25 Å². The van der Waals surface area contributed by atoms with E-state index in [1.807, 2.05) is 0 Å². The largest absolute Gasteiger partial charge is 0.201 e. The van der Waals surface area contributed by atoms with Gasteiger partial charge in [0.1, 0.15) is 0 Å². The van der Waals surface area contributed by atoms with Crippen LogP contribution in [0.2, 0.25) is 0 Å². The van der Waals surface area contributed by atoms with Crippen LogP contribution in [0.15, 0.2) is 23.0 Å². The van der Waals surface area contributed by atoms with E-state index in [-0.39, 0.29) is 0 Å². The van der Waals surface area contributed by atoms with E-state index in [0.29, 0.717) is 0 Å². The molecular weight excluding hydrogens is 128 g/mol. The molecule has 0 spiro atoms. The van der Waals surface area contributed by atoms with Gasteiger partial charge in [0.05, 0.1) is 0 Å². The molecule has 0 bridgehead atoms. The summed E-state index contributed by atoms with van der Waals surface area (Å²) >= 11 is 0. The van der Waals surface area contributed by atoms with E-state index in [9.17, 15) is 0 Å². The summed E-state index contributed by atoms with van der Waals surface area (Å²) in [6.45, 7) is 4.57. The SMILES string of the molecule is CC(C)S1(C)C=CC=C1. The molecule has 1 aliphatic rings. The Kier molecular flexibility index (Phi) is 1.71. The van der Waals surface area contributed by atoms with Crippen LogP contribution in [-0.4, -0.2) is 11.5 Å². The molecule has 52 valence electrons. The van der Waals surface area contributed by atoms with Crippen LogP contribution < -0.4 is 0 Å². The predicted octanol–water partition coefficient (Wildman–Crippen LogP) is 2.87. The molecule has 9 heavy (non-hydrogen) atoms. The third-order valence-electron chi connectivity index (χ3n) is 1.87. The maximum Gasteiger partial charge on any atom is -0.0103 e. The number of rotatable bonds is 1. The van der Waals surface area contributed by atoms with Gasteiger partial charge in [-0.05, 0) is 22.3 Å². The summed E-state index contributed by atoms with van der Waals surface area (Å²) in [5.41, 5.74) is 0. The minimum atomic E-state index is -0.481. The second-order valence-electron chi connectivity index (χ2n) is 2.82. The second kappa shape index (κ2) is 2.22. The van der Waals surface area contributed by atoms with E-state index < -0.39 is 10.0 Å². The van der Waals surface area contributed by atoms with Crippen molar-refractivity contribution in [3.63, 3.8) is 0 Å². The van der Waals surface area contributed by atoms with Gasteiger partial charge in [0, 0.05) is 0 Å². The average molecular weight is 142 g/mol. The lowest BCUT2D eigenvalue weighted by Gasteiger charge is -2.30. The molecule has 0 saturated heterocycles. The van der Waals surface area contributed by atoms with Crippen molar-refractivity contribution >= 4 is 10.0 Å². The van der Waals surface area contributed by atoms with Crippen LogP contribution in [0, 0.1) is 0 Å². The van der Waals surface area contributed by atoms with Crippen LogP contribution in [0.25, 0.3) is 0 Å². The van der Waals surface area contributed by atoms with Gasteiger partial charge in [0.25, 0.3) is 0 Å². The normalized spacial score (nSPS) is 25.3. The Morgan fingerprint density at radius 3 is 1.78 bits per heavy atom. The molecule has 0 saturated carbocycles. The van der Waals surface area contributed by atoms with Gasteiger partial charge in [-0.25, -0.2) is 10.0 Å². The van der Waals surface area contributed by atoms with Crippen LogP contribution >= 0.6 is 10.0 Å². The van der Waals surface area contributed by atoms with Crippen molar-refractivity contribution in [2.45, 2.75) is 19.1 Å². The topological polar surface area (TPSA) is 0 Å². The standard InChI is InChI=1S/C8H14S/c1-8(2)9(3)6-4-5-7-9/h4-8H,1-3H3. The molecule has 0 aromatic rings. The van der Waals surface area contributed by atoms with E-state index in [4.69, 9.17) is 0 Å². The van der Waals surface area contributed by atoms with Crippen molar-refractivity contribution < 1.29 is 0 Å². The quantitative estimate of drug-likeness (QED) is 0.528. The minimum Gasteiger partial charge on any atom is -0.201 e. The average Bonchev–Trinajstić information content (AvgIpc) is 2.16. The number of allylic oxidation sites excluding steroid dienone is 2. The van der Waals surface area contributed by atoms with Crippen molar-refractivity contribution in [3.05, 3.63) is 23.0 Å². The fourth-order valence-corrected chi connectivity index (χ4v) is 2.37. The molecule has 0 N–H and O–H groups in total. The van der Waals surface area contributed by atoms with Gasteiger partial charge in [-0.2, -0.15) is 0 Å². The van der Waals surface area contributed by atoms with E-state index in [1.165, 1.54) is 0 Å². The minimum absolute atomic E-state index is 0.481. The smallest absolute Gasteiger partial charge is 0.0103 e. The summed E-state index contributed by atoms with van der Waals surface area (Å²) in [4.78, 5) is 0. The molecule has 1 aliphatic heterocycles. The van der Waals surface area contributed by atoms with Crippen molar-refractivity contribution in [1.82, 2.24) is 0 Å². The molecule has 0 unspecified atom stereocenters. The highest BCUT2D eigenvalue weighted by Crippen LogP contribution is 2.54. The first-order valence-electron chi connectivity index (χ1n) is 3.27. The summed E-state index contributed by atoms with van der Waals surface area (Å²) in [7, 11) is -0.481. The molecule has 1 heteroatoms. The van der Waals surface area contributed by atoms with Gasteiger partial charge in [-0.3, -0.25) is 0 Å². The summed E-state index contributed by atoms with van der Waals surface area (Å²) in [5, 5.41) is 5.49. The Balaban J connectivity index is 2.75. The maximum atomic E-state index is 2.34. The first-order chi connectivity index (χ1) is 4.15.